The number of aliphatic carboxylic acids is 1. The van der Waals surface area contributed by atoms with Crippen LogP contribution < -0.4 is 10.1 Å². The fourth-order valence-corrected chi connectivity index (χ4v) is 3.63. The highest BCUT2D eigenvalue weighted by atomic mass is 16.5. The van der Waals surface area contributed by atoms with Crippen molar-refractivity contribution < 1.29 is 19.7 Å². The molecule has 32 heavy (non-hydrogen) atoms. The van der Waals surface area contributed by atoms with Gasteiger partial charge in [0.25, 0.3) is 0 Å². The van der Waals surface area contributed by atoms with Crippen molar-refractivity contribution in [2.75, 3.05) is 7.11 Å². The van der Waals surface area contributed by atoms with E-state index in [9.17, 15) is 15.0 Å². The molecular weight excluding hydrogens is 410 g/mol. The second-order valence-corrected chi connectivity index (χ2v) is 7.71. The zero-order chi connectivity index (χ0) is 23.1. The molecule has 0 saturated carbocycles. The number of carboxylic acid groups (broad SMARTS) is 1. The summed E-state index contributed by atoms with van der Waals surface area (Å²) in [6.07, 6.45) is 1.75. The number of unbranched alkanes of at least 4 members (excludes halogenated alkanes) is 1. The van der Waals surface area contributed by atoms with E-state index in [0.717, 1.165) is 24.0 Å². The second kappa shape index (κ2) is 10.7. The Morgan fingerprint density at radius 1 is 1.22 bits per heavy atom. The minimum absolute atomic E-state index is 0.0188. The maximum absolute atomic E-state index is 11.7. The van der Waals surface area contributed by atoms with E-state index in [4.69, 9.17) is 4.74 Å². The quantitative estimate of drug-likeness (QED) is 0.416. The Hall–Kier alpha value is -3.46. The van der Waals surface area contributed by atoms with Crippen molar-refractivity contribution >= 4 is 5.97 Å². The van der Waals surface area contributed by atoms with Crippen molar-refractivity contribution in [2.24, 2.45) is 0 Å². The van der Waals surface area contributed by atoms with Crippen molar-refractivity contribution in [3.63, 3.8) is 0 Å². The van der Waals surface area contributed by atoms with Crippen molar-refractivity contribution in [1.82, 2.24) is 25.5 Å². The number of carbonyl (C=O) groups is 1. The normalized spacial score (nSPS) is 13.0. The first kappa shape index (κ1) is 23.2. The van der Waals surface area contributed by atoms with Gasteiger partial charge in [-0.2, -0.15) is 0 Å². The van der Waals surface area contributed by atoms with Crippen LogP contribution in [0.5, 0.6) is 11.5 Å². The highest BCUT2D eigenvalue weighted by Crippen LogP contribution is 2.33. The van der Waals surface area contributed by atoms with E-state index in [1.807, 2.05) is 37.3 Å². The van der Waals surface area contributed by atoms with Crippen molar-refractivity contribution in [2.45, 2.75) is 51.7 Å². The fourth-order valence-electron chi connectivity index (χ4n) is 3.63. The molecule has 9 nitrogen and oxygen atoms in total. The minimum atomic E-state index is -0.925. The molecule has 1 aromatic heterocycles. The third-order valence-corrected chi connectivity index (χ3v) is 5.27. The van der Waals surface area contributed by atoms with Crippen LogP contribution in [0.2, 0.25) is 0 Å². The average Bonchev–Trinajstić information content (AvgIpc) is 3.23. The Morgan fingerprint density at radius 2 is 2.03 bits per heavy atom. The van der Waals surface area contributed by atoms with Gasteiger partial charge in [0, 0.05) is 12.6 Å². The van der Waals surface area contributed by atoms with Gasteiger partial charge in [0.15, 0.2) is 17.3 Å². The summed E-state index contributed by atoms with van der Waals surface area (Å²) in [5.41, 5.74) is 2.58. The fraction of sp³-hybridized carbons (Fsp3) is 0.391. The van der Waals surface area contributed by atoms with Gasteiger partial charge in [-0.1, -0.05) is 49.2 Å². The molecule has 2 aromatic carbocycles. The third kappa shape index (κ3) is 5.61. The summed E-state index contributed by atoms with van der Waals surface area (Å²) in [5, 5.41) is 35.6. The molecule has 0 saturated heterocycles. The highest BCUT2D eigenvalue weighted by Gasteiger charge is 2.27. The SMILES string of the molecule is CCCCn1nnnc1C(NC(CC(=O)O)c1cccc(C)c1)c1ccc(OC)c(O)c1. The van der Waals surface area contributed by atoms with E-state index in [1.165, 1.54) is 7.11 Å². The van der Waals surface area contributed by atoms with Crippen LogP contribution in [-0.2, 0) is 11.3 Å². The number of nitrogens with zero attached hydrogens (tertiary/aromatic N) is 4. The van der Waals surface area contributed by atoms with E-state index >= 15 is 0 Å². The molecule has 0 spiro atoms. The minimum Gasteiger partial charge on any atom is -0.504 e. The van der Waals surface area contributed by atoms with Gasteiger partial charge in [0.1, 0.15) is 0 Å². The van der Waals surface area contributed by atoms with Gasteiger partial charge in [-0.3, -0.25) is 10.1 Å². The molecule has 9 heteroatoms. The maximum atomic E-state index is 11.7. The van der Waals surface area contributed by atoms with Crippen LogP contribution in [-0.4, -0.2) is 43.5 Å². The van der Waals surface area contributed by atoms with E-state index in [2.05, 4.69) is 27.8 Å². The molecule has 3 aromatic rings. The molecule has 0 aliphatic heterocycles. The van der Waals surface area contributed by atoms with E-state index in [-0.39, 0.29) is 12.2 Å². The van der Waals surface area contributed by atoms with Gasteiger partial charge in [0.2, 0.25) is 0 Å². The number of aryl methyl sites for hydroxylation is 2. The number of phenolic OH excluding ortho intramolecular Hbond substituents is 1. The predicted molar refractivity (Wildman–Crippen MR) is 119 cm³/mol. The molecule has 3 rings (SSSR count). The van der Waals surface area contributed by atoms with Crippen LogP contribution in [0.25, 0.3) is 0 Å². The van der Waals surface area contributed by atoms with Gasteiger partial charge in [0.05, 0.1) is 19.6 Å². The van der Waals surface area contributed by atoms with Crippen molar-refractivity contribution in [1.29, 1.82) is 0 Å². The monoisotopic (exact) mass is 439 g/mol. The maximum Gasteiger partial charge on any atom is 0.305 e. The average molecular weight is 440 g/mol. The first-order valence-corrected chi connectivity index (χ1v) is 10.6. The van der Waals surface area contributed by atoms with Crippen molar-refractivity contribution in [3.8, 4) is 11.5 Å². The number of carboxylic acids is 1. The number of benzene rings is 2. The van der Waals surface area contributed by atoms with Gasteiger partial charge >= 0.3 is 5.97 Å². The standard InChI is InChI=1S/C23H29N5O4/c1-4-5-11-28-23(25-26-27-28)22(17-9-10-20(32-3)19(29)13-17)24-18(14-21(30)31)16-8-6-7-15(2)12-16/h6-10,12-13,18,22,24,29H,4-5,11,14H2,1-3H3,(H,30,31). The van der Waals surface area contributed by atoms with Crippen LogP contribution in [0.15, 0.2) is 42.5 Å². The van der Waals surface area contributed by atoms with Crippen LogP contribution in [0.1, 0.15) is 60.8 Å². The first-order chi connectivity index (χ1) is 15.4. The highest BCUT2D eigenvalue weighted by molar-refractivity contribution is 5.68. The lowest BCUT2D eigenvalue weighted by Crippen LogP contribution is -2.31. The number of ether oxygens (including phenoxy) is 1. The summed E-state index contributed by atoms with van der Waals surface area (Å²) in [6, 6.07) is 11.7. The molecule has 0 aliphatic rings. The zero-order valence-electron chi connectivity index (χ0n) is 18.5. The second-order valence-electron chi connectivity index (χ2n) is 7.71. The number of hydrogen-bond acceptors (Lipinski definition) is 7. The molecule has 0 radical (unpaired) electrons. The topological polar surface area (TPSA) is 122 Å². The van der Waals surface area contributed by atoms with Crippen LogP contribution in [0, 0.1) is 6.92 Å². The van der Waals surface area contributed by atoms with Crippen molar-refractivity contribution in [3.05, 3.63) is 65.0 Å². The zero-order valence-corrected chi connectivity index (χ0v) is 18.5. The number of tetrazole rings is 1. The van der Waals surface area contributed by atoms with E-state index in [0.29, 0.717) is 23.7 Å². The van der Waals surface area contributed by atoms with Crippen LogP contribution >= 0.6 is 0 Å². The number of aromatic hydroxyl groups is 1. The molecular formula is C23H29N5O4. The molecule has 3 N–H and O–H groups in total. The summed E-state index contributed by atoms with van der Waals surface area (Å²) in [6.45, 7) is 4.68. The molecule has 2 unspecified atom stereocenters. The number of phenols is 1. The molecule has 2 atom stereocenters. The lowest BCUT2D eigenvalue weighted by molar-refractivity contribution is -0.137. The van der Waals surface area contributed by atoms with Gasteiger partial charge < -0.3 is 14.9 Å². The first-order valence-electron chi connectivity index (χ1n) is 10.6. The Bertz CT molecular complexity index is 1050. The lowest BCUT2D eigenvalue weighted by atomic mass is 9.98. The molecule has 0 bridgehead atoms. The summed E-state index contributed by atoms with van der Waals surface area (Å²) in [7, 11) is 1.48. The lowest BCUT2D eigenvalue weighted by Gasteiger charge is -2.26. The number of methoxy groups -OCH3 is 1. The molecule has 0 fully saturated rings. The van der Waals surface area contributed by atoms with Gasteiger partial charge in [-0.05, 0) is 47.0 Å². The van der Waals surface area contributed by atoms with Crippen LogP contribution in [0.3, 0.4) is 0 Å². The third-order valence-electron chi connectivity index (χ3n) is 5.27. The number of hydrogen-bond donors (Lipinski definition) is 3. The molecule has 1 heterocycles. The molecule has 0 amide bonds. The Morgan fingerprint density at radius 3 is 2.69 bits per heavy atom. The van der Waals surface area contributed by atoms with Gasteiger partial charge in [-0.25, -0.2) is 4.68 Å². The van der Waals surface area contributed by atoms with Crippen LogP contribution in [0.4, 0.5) is 0 Å². The molecule has 0 aliphatic carbocycles. The van der Waals surface area contributed by atoms with E-state index < -0.39 is 18.1 Å². The van der Waals surface area contributed by atoms with Gasteiger partial charge in [-0.15, -0.1) is 5.10 Å². The predicted octanol–water partition coefficient (Wildman–Crippen LogP) is 3.39. The number of rotatable bonds is 11. The largest absolute Gasteiger partial charge is 0.504 e. The number of aromatic nitrogens is 4. The smallest absolute Gasteiger partial charge is 0.305 e. The Balaban J connectivity index is 2.05. The summed E-state index contributed by atoms with van der Waals surface area (Å²) in [4.78, 5) is 11.7. The summed E-state index contributed by atoms with van der Waals surface area (Å²) in [5.74, 6) is -0.0504. The summed E-state index contributed by atoms with van der Waals surface area (Å²) >= 11 is 0. The number of nitrogens with one attached hydrogen (secondary N) is 1. The van der Waals surface area contributed by atoms with E-state index in [1.54, 1.807) is 16.8 Å². The summed E-state index contributed by atoms with van der Waals surface area (Å²) < 4.78 is 6.89. The Kier molecular flexibility index (Phi) is 7.77. The molecule has 170 valence electrons. The Labute approximate surface area is 187 Å².